The number of hydrogen-bond donors (Lipinski definition) is 1. The van der Waals surface area contributed by atoms with E-state index in [1.807, 2.05) is 0 Å². The summed E-state index contributed by atoms with van der Waals surface area (Å²) in [6.07, 6.45) is -1.20. The van der Waals surface area contributed by atoms with Crippen LogP contribution in [0.4, 0.5) is 23.6 Å². The number of nitrogens with one attached hydrogen (secondary N) is 1. The molecule has 5 rings (SSSR count). The number of aromatic nitrogens is 6. The zero-order valence-electron chi connectivity index (χ0n) is 14.0. The fourth-order valence-electron chi connectivity index (χ4n) is 3.36. The molecule has 0 radical (unpaired) electrons. The van der Waals surface area contributed by atoms with Gasteiger partial charge in [-0.05, 0) is 18.2 Å². The molecule has 5 heterocycles. The summed E-state index contributed by atoms with van der Waals surface area (Å²) in [5.74, 6) is -1.90. The van der Waals surface area contributed by atoms with Gasteiger partial charge in [0.1, 0.15) is 17.4 Å². The molecule has 0 fully saturated rings. The van der Waals surface area contributed by atoms with Crippen LogP contribution in [0.1, 0.15) is 29.0 Å². The van der Waals surface area contributed by atoms with Gasteiger partial charge in [-0.15, -0.1) is 5.10 Å². The predicted molar refractivity (Wildman–Crippen MR) is 85.9 cm³/mol. The van der Waals surface area contributed by atoms with Crippen molar-refractivity contribution in [3.63, 3.8) is 0 Å². The van der Waals surface area contributed by atoms with Crippen LogP contribution >= 0.6 is 0 Å². The van der Waals surface area contributed by atoms with E-state index in [0.717, 1.165) is 5.69 Å². The average Bonchev–Trinajstić information content (AvgIpc) is 3.38. The summed E-state index contributed by atoms with van der Waals surface area (Å²) in [4.78, 5) is 8.79. The molecule has 0 unspecified atom stereocenters. The predicted octanol–water partition coefficient (Wildman–Crippen LogP) is 2.75. The maximum Gasteiger partial charge on any atom is 0.470 e. The van der Waals surface area contributed by atoms with Gasteiger partial charge in [-0.1, -0.05) is 5.10 Å². The second kappa shape index (κ2) is 5.78. The lowest BCUT2D eigenvalue weighted by Crippen LogP contribution is -2.37. The van der Waals surface area contributed by atoms with E-state index in [-0.39, 0.29) is 18.1 Å². The van der Waals surface area contributed by atoms with Crippen molar-refractivity contribution in [1.29, 1.82) is 0 Å². The Balaban J connectivity index is 1.64. The lowest BCUT2D eigenvalue weighted by atomic mass is 10.0. The first-order chi connectivity index (χ1) is 13.4. The van der Waals surface area contributed by atoms with Crippen molar-refractivity contribution in [1.82, 2.24) is 29.8 Å². The van der Waals surface area contributed by atoms with Crippen molar-refractivity contribution in [2.75, 3.05) is 11.4 Å². The van der Waals surface area contributed by atoms with Gasteiger partial charge in [0.2, 0.25) is 0 Å². The van der Waals surface area contributed by atoms with Gasteiger partial charge in [0, 0.05) is 24.9 Å². The molecule has 0 amide bonds. The highest BCUT2D eigenvalue weighted by atomic mass is 19.4. The summed E-state index contributed by atoms with van der Waals surface area (Å²) in [7, 11) is 0. The molecule has 8 nitrogen and oxygen atoms in total. The van der Waals surface area contributed by atoms with E-state index in [4.69, 9.17) is 4.42 Å². The number of rotatable bonds is 2. The number of alkyl halides is 3. The first kappa shape index (κ1) is 16.7. The number of nitrogens with zero attached hydrogens (tertiary/aromatic N) is 6. The van der Waals surface area contributed by atoms with Crippen molar-refractivity contribution in [2.24, 2.45) is 0 Å². The highest BCUT2D eigenvalue weighted by molar-refractivity contribution is 5.52. The Bertz CT molecular complexity index is 1160. The van der Waals surface area contributed by atoms with Gasteiger partial charge in [-0.25, -0.2) is 13.9 Å². The van der Waals surface area contributed by atoms with E-state index in [1.54, 1.807) is 6.20 Å². The van der Waals surface area contributed by atoms with Crippen LogP contribution in [0.5, 0.6) is 0 Å². The minimum Gasteiger partial charge on any atom is -0.399 e. The maximum atomic E-state index is 14.1. The van der Waals surface area contributed by atoms with Crippen LogP contribution in [-0.2, 0) is 12.6 Å². The molecule has 0 aromatic carbocycles. The largest absolute Gasteiger partial charge is 0.470 e. The average molecular weight is 393 g/mol. The molecule has 28 heavy (non-hydrogen) atoms. The number of fused-ring (bicyclic) bond motifs is 2. The normalized spacial score (nSPS) is 17.3. The SMILES string of the molecule is Fc1cccn2nc([C@@H]3c4nc[nH]c4CCN3c3nnc(C(F)(F)F)o3)cc12. The zero-order chi connectivity index (χ0) is 19.5. The Morgan fingerprint density at radius 2 is 2.11 bits per heavy atom. The van der Waals surface area contributed by atoms with E-state index in [1.165, 1.54) is 33.9 Å². The summed E-state index contributed by atoms with van der Waals surface area (Å²) in [6, 6.07) is 3.32. The van der Waals surface area contributed by atoms with Gasteiger partial charge in [-0.2, -0.15) is 18.3 Å². The van der Waals surface area contributed by atoms with Crippen molar-refractivity contribution in [3.05, 3.63) is 59.5 Å². The van der Waals surface area contributed by atoms with Gasteiger partial charge >= 0.3 is 18.1 Å². The molecule has 144 valence electrons. The third-order valence-corrected chi connectivity index (χ3v) is 4.58. The Labute approximate surface area is 153 Å². The molecular formula is C16H11F4N7O. The Kier molecular flexibility index (Phi) is 3.45. The third-order valence-electron chi connectivity index (χ3n) is 4.58. The van der Waals surface area contributed by atoms with Crippen molar-refractivity contribution in [2.45, 2.75) is 18.6 Å². The monoisotopic (exact) mass is 393 g/mol. The number of anilines is 1. The molecule has 12 heteroatoms. The molecular weight excluding hydrogens is 382 g/mol. The summed E-state index contributed by atoms with van der Waals surface area (Å²) in [6.45, 7) is 0.287. The smallest absolute Gasteiger partial charge is 0.399 e. The fraction of sp³-hybridized carbons (Fsp3) is 0.250. The summed E-state index contributed by atoms with van der Waals surface area (Å²) < 4.78 is 58.9. The Morgan fingerprint density at radius 1 is 1.25 bits per heavy atom. The Morgan fingerprint density at radius 3 is 2.86 bits per heavy atom. The number of aromatic amines is 1. The first-order valence-electron chi connectivity index (χ1n) is 8.25. The molecule has 1 N–H and O–H groups in total. The van der Waals surface area contributed by atoms with Crippen LogP contribution in [0, 0.1) is 5.82 Å². The molecule has 1 aliphatic heterocycles. The quantitative estimate of drug-likeness (QED) is 0.527. The molecule has 0 bridgehead atoms. The van der Waals surface area contributed by atoms with Crippen LogP contribution in [0.3, 0.4) is 0 Å². The van der Waals surface area contributed by atoms with Gasteiger partial charge in [-0.3, -0.25) is 0 Å². The van der Waals surface area contributed by atoms with Crippen molar-refractivity contribution in [3.8, 4) is 0 Å². The summed E-state index contributed by atoms with van der Waals surface area (Å²) in [5, 5.41) is 11.0. The van der Waals surface area contributed by atoms with E-state index in [0.29, 0.717) is 17.8 Å². The standard InChI is InChI=1S/C16H11F4N7O/c17-8-2-1-4-27-11(8)6-10(25-27)13-12-9(21-7-22-12)3-5-26(13)15-24-23-14(28-15)16(18,19)20/h1-2,4,6-7,13H,3,5H2,(H,21,22)/t13-/m1/s1. The van der Waals surface area contributed by atoms with E-state index in [9.17, 15) is 17.6 Å². The van der Waals surface area contributed by atoms with Crippen molar-refractivity contribution >= 4 is 11.5 Å². The third kappa shape index (κ3) is 2.52. The van der Waals surface area contributed by atoms with Gasteiger partial charge in [0.05, 0.1) is 17.7 Å². The lowest BCUT2D eigenvalue weighted by molar-refractivity contribution is -0.157. The van der Waals surface area contributed by atoms with E-state index in [2.05, 4.69) is 25.3 Å². The van der Waals surface area contributed by atoms with Gasteiger partial charge in [0.25, 0.3) is 0 Å². The Hall–Kier alpha value is -3.44. The minimum absolute atomic E-state index is 0.238. The molecule has 4 aromatic heterocycles. The van der Waals surface area contributed by atoms with Crippen LogP contribution in [0.15, 0.2) is 35.1 Å². The number of imidazole rings is 1. The topological polar surface area (TPSA) is 88.1 Å². The second-order valence-electron chi connectivity index (χ2n) is 6.25. The van der Waals surface area contributed by atoms with E-state index < -0.39 is 23.9 Å². The molecule has 1 aliphatic rings. The molecule has 1 atom stereocenters. The minimum atomic E-state index is -4.75. The van der Waals surface area contributed by atoms with Crippen LogP contribution in [0.25, 0.3) is 5.52 Å². The number of pyridine rings is 1. The number of halogens is 4. The first-order valence-corrected chi connectivity index (χ1v) is 8.25. The molecule has 4 aromatic rings. The summed E-state index contributed by atoms with van der Waals surface area (Å²) in [5.41, 5.74) is 2.00. The molecule has 0 aliphatic carbocycles. The van der Waals surface area contributed by atoms with E-state index >= 15 is 0 Å². The highest BCUT2D eigenvalue weighted by Gasteiger charge is 2.41. The highest BCUT2D eigenvalue weighted by Crippen LogP contribution is 2.38. The lowest BCUT2D eigenvalue weighted by Gasteiger charge is -2.32. The van der Waals surface area contributed by atoms with Crippen LogP contribution in [0.2, 0.25) is 0 Å². The van der Waals surface area contributed by atoms with Crippen LogP contribution in [-0.4, -0.2) is 36.3 Å². The van der Waals surface area contributed by atoms with Gasteiger partial charge < -0.3 is 14.3 Å². The van der Waals surface area contributed by atoms with Gasteiger partial charge in [0.15, 0.2) is 0 Å². The maximum absolute atomic E-state index is 14.1. The summed E-state index contributed by atoms with van der Waals surface area (Å²) >= 11 is 0. The number of hydrogen-bond acceptors (Lipinski definition) is 6. The zero-order valence-corrected chi connectivity index (χ0v) is 14.0. The molecule has 0 saturated heterocycles. The number of H-pyrrole nitrogens is 1. The van der Waals surface area contributed by atoms with Crippen LogP contribution < -0.4 is 4.90 Å². The van der Waals surface area contributed by atoms with Crippen molar-refractivity contribution < 1.29 is 22.0 Å². The fourth-order valence-corrected chi connectivity index (χ4v) is 3.36. The molecule has 0 spiro atoms. The second-order valence-corrected chi connectivity index (χ2v) is 6.25. The molecule has 0 saturated carbocycles.